The number of carbonyl (C=O) groups is 1. The molecule has 0 radical (unpaired) electrons. The predicted molar refractivity (Wildman–Crippen MR) is 146 cm³/mol. The molecule has 0 spiro atoms. The Kier molecular flexibility index (Phi) is 8.65. The van der Waals surface area contributed by atoms with Crippen molar-refractivity contribution in [3.8, 4) is 17.2 Å². The largest absolute Gasteiger partial charge is 0.504 e. The fourth-order valence-corrected chi connectivity index (χ4v) is 4.48. The fraction of sp³-hybridized carbons (Fsp3) is 0.154. The molecule has 0 fully saturated rings. The van der Waals surface area contributed by atoms with Gasteiger partial charge < -0.3 is 15.2 Å². The van der Waals surface area contributed by atoms with Crippen molar-refractivity contribution in [1.82, 2.24) is 20.2 Å². The number of benzene rings is 3. The van der Waals surface area contributed by atoms with Crippen molar-refractivity contribution in [3.05, 3.63) is 88.7 Å². The van der Waals surface area contributed by atoms with E-state index >= 15 is 0 Å². The number of hydrogen-bond donors (Lipinski definition) is 3. The maximum Gasteiger partial charge on any atom is 0.250 e. The molecule has 4 rings (SSSR count). The van der Waals surface area contributed by atoms with E-state index in [-0.39, 0.29) is 17.4 Å². The lowest BCUT2D eigenvalue weighted by Gasteiger charge is -2.12. The Morgan fingerprint density at radius 2 is 1.97 bits per heavy atom. The van der Waals surface area contributed by atoms with Gasteiger partial charge in [-0.2, -0.15) is 5.10 Å². The number of halogens is 1. The summed E-state index contributed by atoms with van der Waals surface area (Å²) in [7, 11) is 1.46. The summed E-state index contributed by atoms with van der Waals surface area (Å²) in [6, 6.07) is 20.4. The van der Waals surface area contributed by atoms with Gasteiger partial charge in [-0.25, -0.2) is 5.43 Å². The number of phenols is 1. The molecule has 0 aliphatic rings. The zero-order chi connectivity index (χ0) is 26.2. The van der Waals surface area contributed by atoms with E-state index in [2.05, 4.69) is 26.0 Å². The molecule has 11 heteroatoms. The van der Waals surface area contributed by atoms with Crippen molar-refractivity contribution in [1.29, 1.82) is 0 Å². The molecule has 0 bridgehead atoms. The number of aromatic hydroxyl groups is 1. The fourth-order valence-electron chi connectivity index (χ4n) is 3.49. The monoisotopic (exact) mass is 536 g/mol. The molecule has 37 heavy (non-hydrogen) atoms. The minimum Gasteiger partial charge on any atom is -0.504 e. The summed E-state index contributed by atoms with van der Waals surface area (Å²) in [6.07, 6.45) is 1.36. The summed E-state index contributed by atoms with van der Waals surface area (Å²) >= 11 is 7.31. The number of para-hydroxylation sites is 2. The number of rotatable bonds is 10. The molecule has 0 saturated carbocycles. The number of thioether (sulfide) groups is 1. The van der Waals surface area contributed by atoms with Crippen LogP contribution in [0.25, 0.3) is 5.69 Å². The molecular weight excluding hydrogens is 512 g/mol. The third kappa shape index (κ3) is 6.60. The quantitative estimate of drug-likeness (QED) is 0.151. The van der Waals surface area contributed by atoms with Crippen LogP contribution in [0, 0.1) is 6.92 Å². The van der Waals surface area contributed by atoms with Crippen molar-refractivity contribution in [2.24, 2.45) is 5.10 Å². The number of ether oxygens (including phenoxy) is 1. The van der Waals surface area contributed by atoms with Gasteiger partial charge in [-0.15, -0.1) is 10.2 Å². The molecule has 9 nitrogen and oxygen atoms in total. The molecule has 0 aliphatic carbocycles. The van der Waals surface area contributed by atoms with E-state index in [1.165, 1.54) is 25.1 Å². The van der Waals surface area contributed by atoms with Gasteiger partial charge in [-0.1, -0.05) is 47.6 Å². The second kappa shape index (κ2) is 12.3. The summed E-state index contributed by atoms with van der Waals surface area (Å²) in [5, 5.41) is 27.4. The van der Waals surface area contributed by atoms with Crippen molar-refractivity contribution in [2.45, 2.75) is 18.6 Å². The Morgan fingerprint density at radius 3 is 2.73 bits per heavy atom. The van der Waals surface area contributed by atoms with E-state index in [4.69, 9.17) is 16.3 Å². The highest BCUT2D eigenvalue weighted by Gasteiger charge is 2.16. The third-order valence-corrected chi connectivity index (χ3v) is 6.48. The molecule has 0 saturated heterocycles. The van der Waals surface area contributed by atoms with Crippen LogP contribution < -0.4 is 15.5 Å². The van der Waals surface area contributed by atoms with Crippen LogP contribution in [-0.4, -0.2) is 44.9 Å². The van der Waals surface area contributed by atoms with Gasteiger partial charge in [0, 0.05) is 22.0 Å². The van der Waals surface area contributed by atoms with Crippen LogP contribution in [0.4, 0.5) is 5.69 Å². The molecule has 4 aromatic rings. The minimum absolute atomic E-state index is 0.0525. The van der Waals surface area contributed by atoms with Crippen LogP contribution in [0.5, 0.6) is 11.5 Å². The van der Waals surface area contributed by atoms with Gasteiger partial charge in [-0.05, 0) is 55.0 Å². The number of anilines is 1. The molecule has 3 N–H and O–H groups in total. The van der Waals surface area contributed by atoms with Gasteiger partial charge >= 0.3 is 0 Å². The first-order valence-corrected chi connectivity index (χ1v) is 12.6. The molecule has 0 aliphatic heterocycles. The van der Waals surface area contributed by atoms with Gasteiger partial charge in [0.05, 0.1) is 25.6 Å². The average Bonchev–Trinajstić information content (AvgIpc) is 3.31. The Bertz CT molecular complexity index is 1410. The Hall–Kier alpha value is -4.02. The van der Waals surface area contributed by atoms with E-state index in [1.807, 2.05) is 60.0 Å². The van der Waals surface area contributed by atoms with Gasteiger partial charge in [-0.3, -0.25) is 9.36 Å². The number of aryl methyl sites for hydroxylation is 1. The maximum atomic E-state index is 12.4. The van der Waals surface area contributed by atoms with E-state index in [9.17, 15) is 9.90 Å². The van der Waals surface area contributed by atoms with Gasteiger partial charge in [0.1, 0.15) is 0 Å². The first-order valence-electron chi connectivity index (χ1n) is 11.3. The maximum absolute atomic E-state index is 12.4. The normalized spacial score (nSPS) is 11.0. The highest BCUT2D eigenvalue weighted by atomic mass is 35.5. The van der Waals surface area contributed by atoms with Crippen LogP contribution in [0.15, 0.2) is 77.0 Å². The topological polar surface area (TPSA) is 114 Å². The highest BCUT2D eigenvalue weighted by molar-refractivity contribution is 7.99. The minimum atomic E-state index is -0.331. The average molecular weight is 537 g/mol. The van der Waals surface area contributed by atoms with E-state index in [1.54, 1.807) is 18.2 Å². The van der Waals surface area contributed by atoms with E-state index in [0.29, 0.717) is 33.9 Å². The van der Waals surface area contributed by atoms with Crippen molar-refractivity contribution in [2.75, 3.05) is 18.2 Å². The summed E-state index contributed by atoms with van der Waals surface area (Å²) in [6.45, 7) is 2.40. The smallest absolute Gasteiger partial charge is 0.250 e. The lowest BCUT2D eigenvalue weighted by atomic mass is 10.2. The number of amides is 1. The molecule has 1 aromatic heterocycles. The standard InChI is InChI=1S/C26H25ClN6O3S/c1-17-13-19(27)11-12-21(17)28-15-23-30-32-26(33(23)20-8-4-3-5-9-20)37-16-24(34)31-29-14-18-7-6-10-22(36-2)25(18)35/h3-14,28,35H,15-16H2,1-2H3,(H,31,34)/b29-14-. The molecule has 3 aromatic carbocycles. The zero-order valence-electron chi connectivity index (χ0n) is 20.2. The van der Waals surface area contributed by atoms with Crippen LogP contribution in [0.1, 0.15) is 17.0 Å². The van der Waals surface area contributed by atoms with Crippen LogP contribution in [0.3, 0.4) is 0 Å². The number of nitrogens with one attached hydrogen (secondary N) is 2. The molecule has 0 atom stereocenters. The number of nitrogens with zero attached hydrogens (tertiary/aromatic N) is 4. The predicted octanol–water partition coefficient (Wildman–Crippen LogP) is 4.80. The van der Waals surface area contributed by atoms with Crippen molar-refractivity contribution in [3.63, 3.8) is 0 Å². The SMILES string of the molecule is COc1cccc(/C=N\NC(=O)CSc2nnc(CNc3ccc(Cl)cc3C)n2-c2ccccc2)c1O. The molecule has 0 unspecified atom stereocenters. The molecule has 1 amide bonds. The van der Waals surface area contributed by atoms with Gasteiger partial charge in [0.15, 0.2) is 22.5 Å². The number of hydrazone groups is 1. The van der Waals surface area contributed by atoms with Crippen molar-refractivity contribution < 1.29 is 14.6 Å². The Morgan fingerprint density at radius 1 is 1.16 bits per heavy atom. The van der Waals surface area contributed by atoms with Gasteiger partial charge in [0.2, 0.25) is 0 Å². The highest BCUT2D eigenvalue weighted by Crippen LogP contribution is 2.28. The number of carbonyl (C=O) groups excluding carboxylic acids is 1. The Labute approximate surface area is 223 Å². The second-order valence-corrected chi connectivity index (χ2v) is 9.24. The second-order valence-electron chi connectivity index (χ2n) is 7.86. The van der Waals surface area contributed by atoms with E-state index in [0.717, 1.165) is 16.9 Å². The van der Waals surface area contributed by atoms with Crippen LogP contribution >= 0.6 is 23.4 Å². The number of phenolic OH excluding ortho intramolecular Hbond substituents is 1. The summed E-state index contributed by atoms with van der Waals surface area (Å²) in [5.74, 6) is 0.694. The van der Waals surface area contributed by atoms with Crippen LogP contribution in [0.2, 0.25) is 5.02 Å². The lowest BCUT2D eigenvalue weighted by molar-refractivity contribution is -0.118. The molecule has 190 valence electrons. The van der Waals surface area contributed by atoms with E-state index < -0.39 is 0 Å². The number of hydrogen-bond acceptors (Lipinski definition) is 8. The number of aromatic nitrogens is 3. The van der Waals surface area contributed by atoms with Gasteiger partial charge in [0.25, 0.3) is 5.91 Å². The zero-order valence-corrected chi connectivity index (χ0v) is 21.8. The van der Waals surface area contributed by atoms with Crippen LogP contribution in [-0.2, 0) is 11.3 Å². The Balaban J connectivity index is 1.44. The number of methoxy groups -OCH3 is 1. The molecular formula is C26H25ClN6O3S. The first-order chi connectivity index (χ1) is 18.0. The van der Waals surface area contributed by atoms with Crippen molar-refractivity contribution >= 4 is 41.2 Å². The first kappa shape index (κ1) is 26.1. The summed E-state index contributed by atoms with van der Waals surface area (Å²) in [5.41, 5.74) is 5.73. The third-order valence-electron chi connectivity index (χ3n) is 5.32. The summed E-state index contributed by atoms with van der Waals surface area (Å²) in [4.78, 5) is 12.4. The summed E-state index contributed by atoms with van der Waals surface area (Å²) < 4.78 is 6.99. The molecule has 1 heterocycles. The lowest BCUT2D eigenvalue weighted by Crippen LogP contribution is -2.20.